The van der Waals surface area contributed by atoms with Crippen molar-refractivity contribution in [3.05, 3.63) is 23.8 Å². The van der Waals surface area contributed by atoms with Gasteiger partial charge in [-0.25, -0.2) is 4.79 Å². The van der Waals surface area contributed by atoms with Crippen molar-refractivity contribution in [2.45, 2.75) is 198 Å². The first kappa shape index (κ1) is 42.4. The summed E-state index contributed by atoms with van der Waals surface area (Å²) < 4.78 is 36.1. The Kier molecular flexibility index (Phi) is 16.2. The van der Waals surface area contributed by atoms with Gasteiger partial charge in [-0.1, -0.05) is 58.6 Å². The maximum absolute atomic E-state index is 13.3. The number of rotatable bonds is 9. The summed E-state index contributed by atoms with van der Waals surface area (Å²) in [5.41, 5.74) is -0.939. The third kappa shape index (κ3) is 12.1. The Balaban J connectivity index is 1.70. The number of esters is 3. The van der Waals surface area contributed by atoms with Crippen LogP contribution in [0.25, 0.3) is 0 Å². The fourth-order valence-corrected chi connectivity index (χ4v) is 7.90. The van der Waals surface area contributed by atoms with Gasteiger partial charge in [-0.05, 0) is 70.3 Å². The molecule has 0 aromatic carbocycles. The number of aliphatic hydroxyl groups is 3. The van der Waals surface area contributed by atoms with E-state index in [-0.39, 0.29) is 62.1 Å². The van der Waals surface area contributed by atoms with Gasteiger partial charge in [-0.2, -0.15) is 0 Å². The van der Waals surface area contributed by atoms with E-state index in [9.17, 15) is 29.7 Å². The average molecular weight is 737 g/mol. The zero-order valence-corrected chi connectivity index (χ0v) is 32.0. The van der Waals surface area contributed by atoms with Gasteiger partial charge in [-0.3, -0.25) is 9.59 Å². The van der Waals surface area contributed by atoms with Crippen LogP contribution in [-0.4, -0.2) is 101 Å². The van der Waals surface area contributed by atoms with Gasteiger partial charge >= 0.3 is 17.9 Å². The van der Waals surface area contributed by atoms with Crippen molar-refractivity contribution in [1.29, 1.82) is 0 Å². The summed E-state index contributed by atoms with van der Waals surface area (Å²) in [5.74, 6) is -4.12. The summed E-state index contributed by atoms with van der Waals surface area (Å²) in [4.78, 5) is 39.2. The Morgan fingerprint density at radius 3 is 2.33 bits per heavy atom. The van der Waals surface area contributed by atoms with Crippen LogP contribution in [0.3, 0.4) is 0 Å². The molecule has 12 nitrogen and oxygen atoms in total. The largest absolute Gasteiger partial charge is 0.466 e. The smallest absolute Gasteiger partial charge is 0.330 e. The molecule has 3 fully saturated rings. The normalized spacial score (nSPS) is 36.5. The van der Waals surface area contributed by atoms with Gasteiger partial charge in [-0.15, -0.1) is 0 Å². The molecule has 4 rings (SSSR count). The minimum Gasteiger partial charge on any atom is -0.466 e. The number of unbranched alkanes of at least 4 members (excludes halogenated alkanes) is 4. The Morgan fingerprint density at radius 1 is 0.962 bits per heavy atom. The lowest BCUT2D eigenvalue weighted by molar-refractivity contribution is -0.327. The van der Waals surface area contributed by atoms with Crippen LogP contribution in [-0.2, 0) is 42.8 Å². The van der Waals surface area contributed by atoms with Crippen molar-refractivity contribution in [2.24, 2.45) is 5.41 Å². The fourth-order valence-electron chi connectivity index (χ4n) is 7.90. The molecule has 4 heterocycles. The highest BCUT2D eigenvalue weighted by Gasteiger charge is 2.57. The van der Waals surface area contributed by atoms with Crippen molar-refractivity contribution in [1.82, 2.24) is 0 Å². The molecular weight excluding hydrogens is 672 g/mol. The molecule has 296 valence electrons. The number of ether oxygens (including phenoxy) is 6. The molecule has 0 aromatic rings. The lowest BCUT2D eigenvalue weighted by Crippen LogP contribution is -2.62. The zero-order valence-electron chi connectivity index (χ0n) is 32.0. The third-order valence-corrected chi connectivity index (χ3v) is 11.0. The molecule has 0 spiro atoms. The van der Waals surface area contributed by atoms with E-state index in [1.165, 1.54) is 20.1 Å². The predicted octanol–water partition coefficient (Wildman–Crippen LogP) is 5.52. The van der Waals surface area contributed by atoms with Gasteiger partial charge in [0.15, 0.2) is 6.10 Å². The topological polar surface area (TPSA) is 167 Å². The van der Waals surface area contributed by atoms with Gasteiger partial charge in [0.25, 0.3) is 0 Å². The van der Waals surface area contributed by atoms with E-state index < -0.39 is 59.6 Å². The molecule has 3 N–H and O–H groups in total. The molecule has 0 aromatic heterocycles. The lowest BCUT2D eigenvalue weighted by atomic mass is 9.74. The van der Waals surface area contributed by atoms with Gasteiger partial charge in [0.1, 0.15) is 6.10 Å². The number of aliphatic hydroxyl groups excluding tert-OH is 2. The Bertz CT molecular complexity index is 1230. The van der Waals surface area contributed by atoms with Crippen molar-refractivity contribution in [3.63, 3.8) is 0 Å². The molecule has 4 aliphatic heterocycles. The molecule has 3 saturated heterocycles. The van der Waals surface area contributed by atoms with Crippen molar-refractivity contribution in [3.8, 4) is 0 Å². The van der Waals surface area contributed by atoms with E-state index in [4.69, 9.17) is 28.4 Å². The predicted molar refractivity (Wildman–Crippen MR) is 192 cm³/mol. The van der Waals surface area contributed by atoms with Gasteiger partial charge in [0, 0.05) is 30.8 Å². The van der Waals surface area contributed by atoms with Crippen LogP contribution in [0.2, 0.25) is 0 Å². The molecule has 0 saturated carbocycles. The standard InChI is InChI=1S/C40H64O12/c1-6-7-8-9-10-17-35(43)51-38-27(21-36(44)47-5)20-33-25-34(26(2)41)50-37(45)23-28(42)22-30-14-12-16-32(49-30)24-31-15-11-13-29(48-31)18-19-39(3,4)40(38,46)52-33/h18-19,21,26,28-34,38,41-42,46H,6-17,20,22-25H2,1-5H3/b19-18-,27-21+/t26-,28-,29+,30-,31-,32+,33-,34+,38-,40+/m0/s1. The van der Waals surface area contributed by atoms with Crippen molar-refractivity contribution in [2.75, 3.05) is 7.11 Å². The van der Waals surface area contributed by atoms with E-state index in [1.54, 1.807) is 13.8 Å². The molecule has 12 heteroatoms. The van der Waals surface area contributed by atoms with E-state index >= 15 is 0 Å². The van der Waals surface area contributed by atoms with E-state index in [2.05, 4.69) is 6.92 Å². The van der Waals surface area contributed by atoms with Crippen LogP contribution in [0.15, 0.2) is 23.8 Å². The van der Waals surface area contributed by atoms with E-state index in [0.29, 0.717) is 12.8 Å². The van der Waals surface area contributed by atoms with Crippen LogP contribution in [0.5, 0.6) is 0 Å². The number of carbonyl (C=O) groups excluding carboxylic acids is 3. The molecule has 0 unspecified atom stereocenters. The first-order valence-corrected chi connectivity index (χ1v) is 19.7. The first-order valence-electron chi connectivity index (χ1n) is 19.7. The lowest BCUT2D eigenvalue weighted by Gasteiger charge is -2.51. The number of methoxy groups -OCH3 is 1. The van der Waals surface area contributed by atoms with Crippen LogP contribution in [0, 0.1) is 5.41 Å². The van der Waals surface area contributed by atoms with Crippen LogP contribution in [0.4, 0.5) is 0 Å². The Morgan fingerprint density at radius 2 is 1.63 bits per heavy atom. The maximum Gasteiger partial charge on any atom is 0.330 e. The second-order valence-corrected chi connectivity index (χ2v) is 15.9. The fraction of sp³-hybridized carbons (Fsp3) is 0.825. The summed E-state index contributed by atoms with van der Waals surface area (Å²) in [6, 6.07) is 0. The first-order chi connectivity index (χ1) is 24.7. The highest BCUT2D eigenvalue weighted by Crippen LogP contribution is 2.47. The maximum atomic E-state index is 13.3. The van der Waals surface area contributed by atoms with Gasteiger partial charge in [0.2, 0.25) is 5.79 Å². The number of hydrogen-bond acceptors (Lipinski definition) is 12. The molecule has 52 heavy (non-hydrogen) atoms. The molecule has 10 atom stereocenters. The summed E-state index contributed by atoms with van der Waals surface area (Å²) in [5, 5.41) is 34.3. The Labute approximate surface area is 309 Å². The second kappa shape index (κ2) is 19.8. The molecule has 0 aliphatic carbocycles. The van der Waals surface area contributed by atoms with Crippen molar-refractivity contribution < 1.29 is 58.1 Å². The van der Waals surface area contributed by atoms with E-state index in [1.807, 2.05) is 12.2 Å². The minimum absolute atomic E-state index is 0.0165. The molecule has 6 bridgehead atoms. The molecule has 0 radical (unpaired) electrons. The van der Waals surface area contributed by atoms with Gasteiger partial charge < -0.3 is 43.7 Å². The van der Waals surface area contributed by atoms with E-state index in [0.717, 1.165) is 64.2 Å². The third-order valence-electron chi connectivity index (χ3n) is 11.0. The SMILES string of the molecule is CCCCCCCC(=O)O[C@H]1/C(=C/C(=O)OC)C[C@H]2C[C@H]([C@H](C)O)OC(=O)C[C@@H](O)C[C@@H]3CCC[C@H](C[C@@H]4CCC[C@H](/C=C\C(C)(C)[C@]1(O)O2)O4)O3. The minimum atomic E-state index is -2.20. The number of carbonyl (C=O) groups is 3. The quantitative estimate of drug-likeness (QED) is 0.0893. The Hall–Kier alpha value is -2.35. The zero-order chi connectivity index (χ0) is 37.9. The summed E-state index contributed by atoms with van der Waals surface area (Å²) in [6.45, 7) is 7.14. The summed E-state index contributed by atoms with van der Waals surface area (Å²) in [7, 11) is 1.24. The highest BCUT2D eigenvalue weighted by molar-refractivity contribution is 5.83. The van der Waals surface area contributed by atoms with Crippen LogP contribution < -0.4 is 0 Å². The van der Waals surface area contributed by atoms with Crippen molar-refractivity contribution >= 4 is 17.9 Å². The molecule has 4 aliphatic rings. The van der Waals surface area contributed by atoms with Gasteiger partial charge in [0.05, 0.1) is 56.3 Å². The number of cyclic esters (lactones) is 1. The number of hydrogen-bond donors (Lipinski definition) is 3. The summed E-state index contributed by atoms with van der Waals surface area (Å²) >= 11 is 0. The molecular formula is C40H64O12. The summed E-state index contributed by atoms with van der Waals surface area (Å²) in [6.07, 6.45) is 9.76. The highest BCUT2D eigenvalue weighted by atomic mass is 16.7. The van der Waals surface area contributed by atoms with Crippen LogP contribution in [0.1, 0.15) is 137 Å². The average Bonchev–Trinajstić information content (AvgIpc) is 3.08. The number of fused-ring (bicyclic) bond motifs is 6. The molecule has 0 amide bonds. The monoisotopic (exact) mass is 736 g/mol. The second-order valence-electron chi connectivity index (χ2n) is 15.9. The van der Waals surface area contributed by atoms with Crippen LogP contribution >= 0.6 is 0 Å².